The van der Waals surface area contributed by atoms with Crippen molar-refractivity contribution in [3.63, 3.8) is 0 Å². The van der Waals surface area contributed by atoms with Gasteiger partial charge in [0.2, 0.25) is 10.0 Å². The van der Waals surface area contributed by atoms with Crippen LogP contribution in [0.5, 0.6) is 0 Å². The molecule has 1 aromatic carbocycles. The summed E-state index contributed by atoms with van der Waals surface area (Å²) in [6.07, 6.45) is 0.649. The van der Waals surface area contributed by atoms with Crippen LogP contribution in [0, 0.1) is 11.6 Å². The average molecular weight is 342 g/mol. The van der Waals surface area contributed by atoms with Crippen molar-refractivity contribution in [3.8, 4) is 0 Å². The second-order valence-electron chi connectivity index (χ2n) is 3.67. The zero-order valence-electron chi connectivity index (χ0n) is 9.87. The monoisotopic (exact) mass is 341 g/mol. The Kier molecular flexibility index (Phi) is 5.68. The fourth-order valence-corrected chi connectivity index (χ4v) is 3.69. The fourth-order valence-electron chi connectivity index (χ4n) is 1.48. The van der Waals surface area contributed by atoms with Crippen LogP contribution in [0.1, 0.15) is 13.3 Å². The number of rotatable bonds is 6. The Morgan fingerprint density at radius 2 is 1.89 bits per heavy atom. The first-order chi connectivity index (χ1) is 8.43. The first kappa shape index (κ1) is 15.5. The molecule has 0 heterocycles. The van der Waals surface area contributed by atoms with Gasteiger partial charge >= 0.3 is 0 Å². The van der Waals surface area contributed by atoms with E-state index in [1.54, 1.807) is 0 Å². The van der Waals surface area contributed by atoms with E-state index < -0.39 is 21.7 Å². The van der Waals surface area contributed by atoms with Gasteiger partial charge in [-0.15, -0.1) is 0 Å². The van der Waals surface area contributed by atoms with E-state index in [1.165, 1.54) is 4.31 Å². The van der Waals surface area contributed by atoms with Crippen LogP contribution in [-0.2, 0) is 10.0 Å². The summed E-state index contributed by atoms with van der Waals surface area (Å²) in [4.78, 5) is -0.226. The van der Waals surface area contributed by atoms with E-state index in [0.29, 0.717) is 24.4 Å². The molecule has 0 aliphatic carbocycles. The molecule has 0 radical (unpaired) electrons. The van der Waals surface area contributed by atoms with Gasteiger partial charge in [0.05, 0.1) is 4.90 Å². The van der Waals surface area contributed by atoms with Gasteiger partial charge in [0.1, 0.15) is 0 Å². The van der Waals surface area contributed by atoms with E-state index in [0.717, 1.165) is 12.1 Å². The van der Waals surface area contributed by atoms with Crippen molar-refractivity contribution in [1.82, 2.24) is 4.31 Å². The molecule has 0 fully saturated rings. The predicted molar refractivity (Wildman–Crippen MR) is 69.2 cm³/mol. The van der Waals surface area contributed by atoms with Crippen LogP contribution in [0.4, 0.5) is 8.78 Å². The summed E-state index contributed by atoms with van der Waals surface area (Å²) in [7, 11) is -3.77. The molecule has 0 saturated carbocycles. The normalized spacial score (nSPS) is 12.1. The molecule has 1 rings (SSSR count). The molecule has 3 nitrogen and oxygen atoms in total. The Hall–Kier alpha value is -0.530. The van der Waals surface area contributed by atoms with E-state index in [2.05, 4.69) is 15.9 Å². The number of alkyl halides is 1. The zero-order chi connectivity index (χ0) is 13.8. The molecule has 0 amide bonds. The molecule has 0 spiro atoms. The summed E-state index contributed by atoms with van der Waals surface area (Å²) in [6, 6.07) is 2.60. The minimum absolute atomic E-state index is 0.226. The third kappa shape index (κ3) is 3.49. The van der Waals surface area contributed by atoms with Gasteiger partial charge in [0.15, 0.2) is 11.6 Å². The summed E-state index contributed by atoms with van der Waals surface area (Å²) in [6.45, 7) is 2.48. The Balaban J connectivity index is 3.13. The highest BCUT2D eigenvalue weighted by Crippen LogP contribution is 2.18. The lowest BCUT2D eigenvalue weighted by atomic mass is 10.3. The van der Waals surface area contributed by atoms with Crippen molar-refractivity contribution in [3.05, 3.63) is 29.8 Å². The maximum atomic E-state index is 13.1. The smallest absolute Gasteiger partial charge is 0.207 e. The van der Waals surface area contributed by atoms with E-state index >= 15 is 0 Å². The number of hydrogen-bond acceptors (Lipinski definition) is 2. The van der Waals surface area contributed by atoms with E-state index in [4.69, 9.17) is 0 Å². The number of hydrogen-bond donors (Lipinski definition) is 0. The van der Waals surface area contributed by atoms with Crippen molar-refractivity contribution in [2.45, 2.75) is 18.2 Å². The molecule has 102 valence electrons. The highest BCUT2D eigenvalue weighted by molar-refractivity contribution is 9.09. The summed E-state index contributed by atoms with van der Waals surface area (Å²) in [5.74, 6) is -2.22. The highest BCUT2D eigenvalue weighted by atomic mass is 79.9. The van der Waals surface area contributed by atoms with Gasteiger partial charge in [-0.3, -0.25) is 0 Å². The molecule has 18 heavy (non-hydrogen) atoms. The van der Waals surface area contributed by atoms with Crippen LogP contribution in [0.25, 0.3) is 0 Å². The van der Waals surface area contributed by atoms with Gasteiger partial charge in [-0.05, 0) is 24.6 Å². The lowest BCUT2D eigenvalue weighted by molar-refractivity contribution is 0.429. The van der Waals surface area contributed by atoms with Crippen molar-refractivity contribution < 1.29 is 17.2 Å². The molecule has 0 atom stereocenters. The molecule has 0 saturated heterocycles. The van der Waals surface area contributed by atoms with Crippen LogP contribution < -0.4 is 0 Å². The Labute approximate surface area is 114 Å². The quantitative estimate of drug-likeness (QED) is 0.746. The molecule has 0 unspecified atom stereocenters. The van der Waals surface area contributed by atoms with Crippen molar-refractivity contribution in [2.75, 3.05) is 18.4 Å². The molecule has 0 aliphatic rings. The summed E-state index contributed by atoms with van der Waals surface area (Å²) in [5.41, 5.74) is 0. The number of halogens is 3. The number of sulfonamides is 1. The third-order valence-electron chi connectivity index (χ3n) is 2.34. The topological polar surface area (TPSA) is 37.4 Å². The van der Waals surface area contributed by atoms with Gasteiger partial charge in [-0.25, -0.2) is 17.2 Å². The number of nitrogens with zero attached hydrogens (tertiary/aromatic N) is 1. The van der Waals surface area contributed by atoms with Crippen LogP contribution in [-0.4, -0.2) is 31.1 Å². The minimum Gasteiger partial charge on any atom is -0.207 e. The lowest BCUT2D eigenvalue weighted by Crippen LogP contribution is -2.33. The second-order valence-corrected chi connectivity index (χ2v) is 6.40. The molecule has 7 heteroatoms. The molecule has 0 aromatic heterocycles. The fraction of sp³-hybridized carbons (Fsp3) is 0.455. The average Bonchev–Trinajstić information content (AvgIpc) is 2.32. The molecule has 0 aliphatic heterocycles. The largest absolute Gasteiger partial charge is 0.243 e. The maximum Gasteiger partial charge on any atom is 0.243 e. The SMILES string of the molecule is CCCN(CCBr)S(=O)(=O)c1ccc(F)c(F)c1. The zero-order valence-corrected chi connectivity index (χ0v) is 12.3. The summed E-state index contributed by atoms with van der Waals surface area (Å²) < 4.78 is 51.5. The van der Waals surface area contributed by atoms with Crippen LogP contribution in [0.3, 0.4) is 0 Å². The first-order valence-electron chi connectivity index (χ1n) is 5.44. The first-order valence-corrected chi connectivity index (χ1v) is 8.00. The van der Waals surface area contributed by atoms with Crippen molar-refractivity contribution in [1.29, 1.82) is 0 Å². The molecule has 1 aromatic rings. The van der Waals surface area contributed by atoms with Crippen LogP contribution >= 0.6 is 15.9 Å². The van der Waals surface area contributed by atoms with Gasteiger partial charge in [0.25, 0.3) is 0 Å². The van der Waals surface area contributed by atoms with Crippen LogP contribution in [0.2, 0.25) is 0 Å². The standard InChI is InChI=1S/C11H14BrF2NO2S/c1-2-6-15(7-5-12)18(16,17)9-3-4-10(13)11(14)8-9/h3-4,8H,2,5-7H2,1H3. The van der Waals surface area contributed by atoms with E-state index in [1.807, 2.05) is 6.92 Å². The summed E-state index contributed by atoms with van der Waals surface area (Å²) in [5, 5.41) is 0.482. The van der Waals surface area contributed by atoms with Gasteiger partial charge in [-0.2, -0.15) is 4.31 Å². The Morgan fingerprint density at radius 1 is 1.22 bits per heavy atom. The molecule has 0 N–H and O–H groups in total. The van der Waals surface area contributed by atoms with Crippen molar-refractivity contribution in [2.24, 2.45) is 0 Å². The minimum atomic E-state index is -3.77. The van der Waals surface area contributed by atoms with Gasteiger partial charge < -0.3 is 0 Å². The van der Waals surface area contributed by atoms with E-state index in [-0.39, 0.29) is 11.4 Å². The maximum absolute atomic E-state index is 13.1. The predicted octanol–water partition coefficient (Wildman–Crippen LogP) is 2.76. The Bertz CT molecular complexity index is 502. The van der Waals surface area contributed by atoms with Gasteiger partial charge in [0, 0.05) is 18.4 Å². The lowest BCUT2D eigenvalue weighted by Gasteiger charge is -2.20. The molecule has 0 bridgehead atoms. The third-order valence-corrected chi connectivity index (χ3v) is 4.59. The number of benzene rings is 1. The summed E-state index contributed by atoms with van der Waals surface area (Å²) >= 11 is 3.17. The second kappa shape index (κ2) is 6.58. The molecular formula is C11H14BrF2NO2S. The van der Waals surface area contributed by atoms with Crippen LogP contribution in [0.15, 0.2) is 23.1 Å². The highest BCUT2D eigenvalue weighted by Gasteiger charge is 2.24. The molecular weight excluding hydrogens is 328 g/mol. The van der Waals surface area contributed by atoms with Crippen molar-refractivity contribution >= 4 is 26.0 Å². The Morgan fingerprint density at radius 3 is 2.39 bits per heavy atom. The van der Waals surface area contributed by atoms with Gasteiger partial charge in [-0.1, -0.05) is 22.9 Å². The van der Waals surface area contributed by atoms with E-state index in [9.17, 15) is 17.2 Å².